The summed E-state index contributed by atoms with van der Waals surface area (Å²) in [6.45, 7) is 0. The zero-order valence-electron chi connectivity index (χ0n) is 11.6. The number of nitrogens with one attached hydrogen (secondary N) is 2. The van der Waals surface area contributed by atoms with Gasteiger partial charge in [-0.2, -0.15) is 11.8 Å². The van der Waals surface area contributed by atoms with Crippen LogP contribution in [-0.4, -0.2) is 34.7 Å². The summed E-state index contributed by atoms with van der Waals surface area (Å²) in [6, 6.07) is 4.23. The Hall–Kier alpha value is -1.40. The van der Waals surface area contributed by atoms with Gasteiger partial charge in [0, 0.05) is 17.0 Å². The number of halogens is 1. The second kappa shape index (κ2) is 7.04. The van der Waals surface area contributed by atoms with Gasteiger partial charge < -0.3 is 15.7 Å². The highest BCUT2D eigenvalue weighted by Gasteiger charge is 2.27. The number of anilines is 1. The Morgan fingerprint density at radius 3 is 2.81 bits per heavy atom. The molecule has 2 atom stereocenters. The molecule has 3 N–H and O–H groups in total. The smallest absolute Gasteiger partial charge is 0.337 e. The topological polar surface area (TPSA) is 78.4 Å². The SMILES string of the molecule is CSC1CCCC1NC(=O)Nc1ccc(Cl)c(C(=O)O)c1. The number of rotatable bonds is 4. The molecular formula is C14H17ClN2O3S. The molecule has 0 saturated heterocycles. The fraction of sp³-hybridized carbons (Fsp3) is 0.429. The third kappa shape index (κ3) is 4.04. The van der Waals surface area contributed by atoms with E-state index < -0.39 is 5.97 Å². The van der Waals surface area contributed by atoms with E-state index in [2.05, 4.69) is 10.6 Å². The lowest BCUT2D eigenvalue weighted by molar-refractivity contribution is 0.0697. The summed E-state index contributed by atoms with van der Waals surface area (Å²) in [7, 11) is 0. The molecule has 2 unspecified atom stereocenters. The van der Waals surface area contributed by atoms with Crippen LogP contribution in [0.4, 0.5) is 10.5 Å². The maximum atomic E-state index is 12.0. The fourth-order valence-electron chi connectivity index (χ4n) is 2.48. The van der Waals surface area contributed by atoms with E-state index in [4.69, 9.17) is 16.7 Å². The molecule has 0 aromatic heterocycles. The number of urea groups is 1. The summed E-state index contributed by atoms with van der Waals surface area (Å²) in [6.07, 6.45) is 5.23. The Morgan fingerprint density at radius 2 is 2.14 bits per heavy atom. The third-order valence-corrected chi connectivity index (χ3v) is 5.03. The summed E-state index contributed by atoms with van der Waals surface area (Å²) in [5.74, 6) is -1.12. The first-order valence-electron chi connectivity index (χ1n) is 6.64. The largest absolute Gasteiger partial charge is 0.478 e. The Bertz CT molecular complexity index is 553. The first-order chi connectivity index (χ1) is 10.0. The molecule has 1 saturated carbocycles. The number of benzene rings is 1. The Labute approximate surface area is 132 Å². The maximum Gasteiger partial charge on any atom is 0.337 e. The van der Waals surface area contributed by atoms with E-state index in [-0.39, 0.29) is 22.7 Å². The molecule has 0 bridgehead atoms. The monoisotopic (exact) mass is 328 g/mol. The van der Waals surface area contributed by atoms with Crippen LogP contribution in [0.25, 0.3) is 0 Å². The average Bonchev–Trinajstić information content (AvgIpc) is 2.87. The van der Waals surface area contributed by atoms with Gasteiger partial charge in [-0.15, -0.1) is 0 Å². The molecule has 0 heterocycles. The van der Waals surface area contributed by atoms with Crippen LogP contribution < -0.4 is 10.6 Å². The molecule has 1 aromatic carbocycles. The highest BCUT2D eigenvalue weighted by molar-refractivity contribution is 7.99. The zero-order chi connectivity index (χ0) is 15.4. The molecule has 0 aliphatic heterocycles. The Morgan fingerprint density at radius 1 is 1.38 bits per heavy atom. The Balaban J connectivity index is 1.99. The lowest BCUT2D eigenvalue weighted by atomic mass is 10.2. The summed E-state index contributed by atoms with van der Waals surface area (Å²) in [4.78, 5) is 23.0. The summed E-state index contributed by atoms with van der Waals surface area (Å²) in [5.41, 5.74) is 0.380. The third-order valence-electron chi connectivity index (χ3n) is 3.53. The normalized spacial score (nSPS) is 21.0. The van der Waals surface area contributed by atoms with E-state index in [9.17, 15) is 9.59 Å². The standard InChI is InChI=1S/C14H17ClN2O3S/c1-21-12-4-2-3-11(12)17-14(20)16-8-5-6-10(15)9(7-8)13(18)19/h5-7,11-12H,2-4H2,1H3,(H,18,19)(H2,16,17,20). The lowest BCUT2D eigenvalue weighted by Crippen LogP contribution is -2.41. The van der Waals surface area contributed by atoms with Crippen molar-refractivity contribution in [1.82, 2.24) is 5.32 Å². The number of hydrogen-bond acceptors (Lipinski definition) is 3. The minimum atomic E-state index is -1.12. The van der Waals surface area contributed by atoms with E-state index in [1.165, 1.54) is 12.1 Å². The predicted octanol–water partition coefficient (Wildman–Crippen LogP) is 3.44. The molecule has 114 valence electrons. The molecular weight excluding hydrogens is 312 g/mol. The minimum Gasteiger partial charge on any atom is -0.478 e. The van der Waals surface area contributed by atoms with Crippen LogP contribution >= 0.6 is 23.4 Å². The molecule has 5 nitrogen and oxygen atoms in total. The summed E-state index contributed by atoms with van der Waals surface area (Å²) < 4.78 is 0. The van der Waals surface area contributed by atoms with Crippen molar-refractivity contribution in [2.75, 3.05) is 11.6 Å². The van der Waals surface area contributed by atoms with Gasteiger partial charge in [-0.3, -0.25) is 0 Å². The lowest BCUT2D eigenvalue weighted by Gasteiger charge is -2.19. The van der Waals surface area contributed by atoms with Gasteiger partial charge >= 0.3 is 12.0 Å². The number of carbonyl (C=O) groups is 2. The Kier molecular flexibility index (Phi) is 5.36. The van der Waals surface area contributed by atoms with Crippen LogP contribution in [0.2, 0.25) is 5.02 Å². The molecule has 0 radical (unpaired) electrons. The van der Waals surface area contributed by atoms with Crippen LogP contribution in [0.1, 0.15) is 29.6 Å². The number of aromatic carboxylic acids is 1. The van der Waals surface area contributed by atoms with Crippen molar-refractivity contribution in [2.24, 2.45) is 0 Å². The molecule has 1 aliphatic rings. The van der Waals surface area contributed by atoms with Crippen LogP contribution in [0.15, 0.2) is 18.2 Å². The molecule has 7 heteroatoms. The van der Waals surface area contributed by atoms with Crippen molar-refractivity contribution >= 4 is 41.1 Å². The summed E-state index contributed by atoms with van der Waals surface area (Å²) >= 11 is 7.55. The van der Waals surface area contributed by atoms with Gasteiger partial charge in [0.25, 0.3) is 0 Å². The quantitative estimate of drug-likeness (QED) is 0.791. The number of thioether (sulfide) groups is 1. The number of amides is 2. The summed E-state index contributed by atoms with van der Waals surface area (Å²) in [5, 5.41) is 15.2. The van der Waals surface area contributed by atoms with E-state index in [1.807, 2.05) is 6.26 Å². The molecule has 1 aromatic rings. The van der Waals surface area contributed by atoms with Crippen molar-refractivity contribution in [3.63, 3.8) is 0 Å². The van der Waals surface area contributed by atoms with Gasteiger partial charge in [-0.25, -0.2) is 9.59 Å². The molecule has 1 fully saturated rings. The van der Waals surface area contributed by atoms with Crippen LogP contribution in [0, 0.1) is 0 Å². The van der Waals surface area contributed by atoms with Gasteiger partial charge in [0.1, 0.15) is 0 Å². The highest BCUT2D eigenvalue weighted by atomic mass is 35.5. The first-order valence-corrected chi connectivity index (χ1v) is 8.31. The van der Waals surface area contributed by atoms with Gasteiger partial charge in [-0.05, 0) is 37.3 Å². The molecule has 2 amide bonds. The predicted molar refractivity (Wildman–Crippen MR) is 85.5 cm³/mol. The van der Waals surface area contributed by atoms with Crippen molar-refractivity contribution in [3.05, 3.63) is 28.8 Å². The van der Waals surface area contributed by atoms with Gasteiger partial charge in [0.15, 0.2) is 0 Å². The average molecular weight is 329 g/mol. The van der Waals surface area contributed by atoms with E-state index in [1.54, 1.807) is 17.8 Å². The van der Waals surface area contributed by atoms with Crippen LogP contribution in [0.5, 0.6) is 0 Å². The number of carboxylic acids is 1. The maximum absolute atomic E-state index is 12.0. The van der Waals surface area contributed by atoms with Gasteiger partial charge in [0.2, 0.25) is 0 Å². The van der Waals surface area contributed by atoms with Crippen molar-refractivity contribution in [1.29, 1.82) is 0 Å². The number of carbonyl (C=O) groups excluding carboxylic acids is 1. The van der Waals surface area contributed by atoms with Crippen molar-refractivity contribution in [2.45, 2.75) is 30.6 Å². The fourth-order valence-corrected chi connectivity index (χ4v) is 3.61. The molecule has 0 spiro atoms. The molecule has 1 aliphatic carbocycles. The van der Waals surface area contributed by atoms with E-state index >= 15 is 0 Å². The zero-order valence-corrected chi connectivity index (χ0v) is 13.1. The molecule has 21 heavy (non-hydrogen) atoms. The number of carboxylic acid groups (broad SMARTS) is 1. The minimum absolute atomic E-state index is 0.0303. The van der Waals surface area contributed by atoms with E-state index in [0.29, 0.717) is 10.9 Å². The first kappa shape index (κ1) is 16.0. The van der Waals surface area contributed by atoms with Crippen LogP contribution in [-0.2, 0) is 0 Å². The second-order valence-electron chi connectivity index (χ2n) is 4.91. The van der Waals surface area contributed by atoms with Gasteiger partial charge in [-0.1, -0.05) is 18.0 Å². The number of hydrogen-bond donors (Lipinski definition) is 3. The van der Waals surface area contributed by atoms with Crippen molar-refractivity contribution < 1.29 is 14.7 Å². The van der Waals surface area contributed by atoms with E-state index in [0.717, 1.165) is 19.3 Å². The van der Waals surface area contributed by atoms with Crippen LogP contribution in [0.3, 0.4) is 0 Å². The molecule has 2 rings (SSSR count). The second-order valence-corrected chi connectivity index (χ2v) is 6.39. The van der Waals surface area contributed by atoms with Gasteiger partial charge in [0.05, 0.1) is 10.6 Å². The highest BCUT2D eigenvalue weighted by Crippen LogP contribution is 2.28. The van der Waals surface area contributed by atoms with Crippen molar-refractivity contribution in [3.8, 4) is 0 Å².